The number of ether oxygens (including phenoxy) is 2. The van der Waals surface area contributed by atoms with E-state index in [0.717, 1.165) is 37.3 Å². The Kier molecular flexibility index (Phi) is 5.56. The average Bonchev–Trinajstić information content (AvgIpc) is 2.45. The van der Waals surface area contributed by atoms with Crippen LogP contribution in [0.5, 0.6) is 0 Å². The Hall–Kier alpha value is -1.40. The van der Waals surface area contributed by atoms with Gasteiger partial charge in [-0.05, 0) is 53.4 Å². The van der Waals surface area contributed by atoms with Gasteiger partial charge in [0.05, 0.1) is 24.4 Å². The van der Waals surface area contributed by atoms with E-state index in [1.807, 2.05) is 6.07 Å². The Morgan fingerprint density at radius 2 is 1.12 bits per heavy atom. The first-order valence-corrected chi connectivity index (χ1v) is 9.14. The predicted molar refractivity (Wildman–Crippen MR) is 95.3 cm³/mol. The fourth-order valence-electron chi connectivity index (χ4n) is 3.98. The summed E-state index contributed by atoms with van der Waals surface area (Å²) in [5.41, 5.74) is 0. The van der Waals surface area contributed by atoms with E-state index >= 15 is 0 Å². The van der Waals surface area contributed by atoms with E-state index in [-0.39, 0.29) is 24.4 Å². The largest absolute Gasteiger partial charge is 0.375 e. The number of nitrogens with one attached hydrogen (secondary N) is 2. The molecule has 0 bridgehead atoms. The molecule has 2 fully saturated rings. The topological polar surface area (TPSA) is 68.3 Å². The summed E-state index contributed by atoms with van der Waals surface area (Å²) in [5, 5.41) is 7.08. The monoisotopic (exact) mass is 334 g/mol. The van der Waals surface area contributed by atoms with Crippen molar-refractivity contribution in [3.05, 3.63) is 12.4 Å². The molecule has 2 saturated heterocycles. The zero-order valence-electron chi connectivity index (χ0n) is 15.2. The summed E-state index contributed by atoms with van der Waals surface area (Å²) in [4.78, 5) is 8.76. The number of aromatic nitrogens is 2. The van der Waals surface area contributed by atoms with Crippen LogP contribution in [0.2, 0.25) is 0 Å². The minimum Gasteiger partial charge on any atom is -0.375 e. The van der Waals surface area contributed by atoms with Gasteiger partial charge in [-0.2, -0.15) is 0 Å². The zero-order chi connectivity index (χ0) is 17.1. The predicted octanol–water partition coefficient (Wildman–Crippen LogP) is 3.21. The second-order valence-electron chi connectivity index (χ2n) is 7.43. The van der Waals surface area contributed by atoms with E-state index in [1.54, 1.807) is 6.33 Å². The number of rotatable bonds is 4. The van der Waals surface area contributed by atoms with Crippen LogP contribution in [0.25, 0.3) is 0 Å². The van der Waals surface area contributed by atoms with Crippen molar-refractivity contribution in [3.8, 4) is 0 Å². The molecule has 3 rings (SSSR count). The molecular weight excluding hydrogens is 304 g/mol. The van der Waals surface area contributed by atoms with Crippen LogP contribution < -0.4 is 10.6 Å². The average molecular weight is 334 g/mol. The number of anilines is 2. The number of hydrogen-bond acceptors (Lipinski definition) is 6. The van der Waals surface area contributed by atoms with Gasteiger partial charge in [-0.1, -0.05) is 0 Å². The Balaban J connectivity index is 1.59. The third kappa shape index (κ3) is 4.80. The van der Waals surface area contributed by atoms with Crippen LogP contribution in [0.1, 0.15) is 53.4 Å². The summed E-state index contributed by atoms with van der Waals surface area (Å²) in [6.45, 7) is 8.52. The lowest BCUT2D eigenvalue weighted by atomic mass is 9.99. The maximum Gasteiger partial charge on any atom is 0.131 e. The molecule has 1 aromatic heterocycles. The molecule has 6 nitrogen and oxygen atoms in total. The van der Waals surface area contributed by atoms with E-state index in [4.69, 9.17) is 9.47 Å². The van der Waals surface area contributed by atoms with Gasteiger partial charge in [0, 0.05) is 18.2 Å². The van der Waals surface area contributed by atoms with Crippen molar-refractivity contribution < 1.29 is 9.47 Å². The lowest BCUT2D eigenvalue weighted by Crippen LogP contribution is -2.37. The summed E-state index contributed by atoms with van der Waals surface area (Å²) in [6.07, 6.45) is 6.80. The van der Waals surface area contributed by atoms with Gasteiger partial charge in [0.2, 0.25) is 0 Å². The second kappa shape index (κ2) is 7.66. The van der Waals surface area contributed by atoms with Crippen LogP contribution >= 0.6 is 0 Å². The Bertz CT molecular complexity index is 478. The molecule has 1 aromatic rings. The van der Waals surface area contributed by atoms with E-state index in [2.05, 4.69) is 48.3 Å². The van der Waals surface area contributed by atoms with Crippen LogP contribution in [-0.4, -0.2) is 46.5 Å². The Labute approximate surface area is 144 Å². The highest BCUT2D eigenvalue weighted by Gasteiger charge is 2.26. The summed E-state index contributed by atoms with van der Waals surface area (Å²) >= 11 is 0. The molecule has 2 aliphatic heterocycles. The summed E-state index contributed by atoms with van der Waals surface area (Å²) in [6, 6.07) is 2.81. The molecule has 2 aliphatic rings. The fraction of sp³-hybridized carbons (Fsp3) is 0.778. The first-order valence-electron chi connectivity index (χ1n) is 9.14. The molecule has 0 aliphatic carbocycles. The van der Waals surface area contributed by atoms with Gasteiger partial charge in [0.25, 0.3) is 0 Å². The zero-order valence-corrected chi connectivity index (χ0v) is 15.2. The van der Waals surface area contributed by atoms with Crippen molar-refractivity contribution in [1.29, 1.82) is 0 Å². The highest BCUT2D eigenvalue weighted by atomic mass is 16.5. The van der Waals surface area contributed by atoms with Crippen molar-refractivity contribution in [2.45, 2.75) is 89.9 Å². The maximum atomic E-state index is 5.80. The molecule has 0 amide bonds. The van der Waals surface area contributed by atoms with E-state index < -0.39 is 0 Å². The molecular formula is C18H30N4O2. The van der Waals surface area contributed by atoms with Crippen LogP contribution in [0.3, 0.4) is 0 Å². The molecule has 0 spiro atoms. The van der Waals surface area contributed by atoms with Gasteiger partial charge in [-0.25, -0.2) is 9.97 Å². The smallest absolute Gasteiger partial charge is 0.131 e. The second-order valence-corrected chi connectivity index (χ2v) is 7.43. The first kappa shape index (κ1) is 17.4. The maximum absolute atomic E-state index is 5.80. The molecule has 3 heterocycles. The third-order valence-corrected chi connectivity index (χ3v) is 4.77. The van der Waals surface area contributed by atoms with Crippen molar-refractivity contribution in [2.75, 3.05) is 10.6 Å². The normalized spacial score (nSPS) is 37.0. The highest BCUT2D eigenvalue weighted by molar-refractivity contribution is 5.47. The molecule has 0 saturated carbocycles. The van der Waals surface area contributed by atoms with Crippen molar-refractivity contribution in [2.24, 2.45) is 0 Å². The van der Waals surface area contributed by atoms with Crippen molar-refractivity contribution >= 4 is 11.6 Å². The van der Waals surface area contributed by atoms with Crippen molar-refractivity contribution in [3.63, 3.8) is 0 Å². The summed E-state index contributed by atoms with van der Waals surface area (Å²) in [7, 11) is 0. The molecule has 134 valence electrons. The highest BCUT2D eigenvalue weighted by Crippen LogP contribution is 2.24. The molecule has 4 unspecified atom stereocenters. The Morgan fingerprint density at radius 1 is 0.750 bits per heavy atom. The van der Waals surface area contributed by atoms with Gasteiger partial charge in [-0.15, -0.1) is 0 Å². The van der Waals surface area contributed by atoms with Gasteiger partial charge in [-0.3, -0.25) is 0 Å². The van der Waals surface area contributed by atoms with E-state index in [1.165, 1.54) is 0 Å². The van der Waals surface area contributed by atoms with Crippen molar-refractivity contribution in [1.82, 2.24) is 9.97 Å². The minimum atomic E-state index is 0.288. The van der Waals surface area contributed by atoms with Crippen LogP contribution in [0, 0.1) is 0 Å². The number of hydrogen-bond donors (Lipinski definition) is 2. The standard InChI is InChI=1S/C18H30N4O2/c1-11-5-15(6-12(2)23-11)21-17-9-18(20-10-19-17)22-16-7-13(3)24-14(4)8-16/h9-16H,5-8H2,1-4H3,(H2,19,20,21,22). The lowest BCUT2D eigenvalue weighted by molar-refractivity contribution is -0.0340. The quantitative estimate of drug-likeness (QED) is 0.881. The fourth-order valence-corrected chi connectivity index (χ4v) is 3.98. The third-order valence-electron chi connectivity index (χ3n) is 4.77. The van der Waals surface area contributed by atoms with Crippen LogP contribution in [0.4, 0.5) is 11.6 Å². The molecule has 6 heteroatoms. The molecule has 0 aromatic carbocycles. The molecule has 0 radical (unpaired) electrons. The van der Waals surface area contributed by atoms with Gasteiger partial charge < -0.3 is 20.1 Å². The number of nitrogens with zero attached hydrogens (tertiary/aromatic N) is 2. The van der Waals surface area contributed by atoms with Crippen LogP contribution in [0.15, 0.2) is 12.4 Å². The SMILES string of the molecule is CC1CC(Nc2cc(NC3CC(C)OC(C)C3)ncn2)CC(C)O1. The Morgan fingerprint density at radius 3 is 1.50 bits per heavy atom. The first-order chi connectivity index (χ1) is 11.5. The van der Waals surface area contributed by atoms with Crippen LogP contribution in [-0.2, 0) is 9.47 Å². The molecule has 4 atom stereocenters. The summed E-state index contributed by atoms with van der Waals surface area (Å²) in [5.74, 6) is 1.76. The van der Waals surface area contributed by atoms with Gasteiger partial charge in [0.1, 0.15) is 18.0 Å². The lowest BCUT2D eigenvalue weighted by Gasteiger charge is -2.33. The van der Waals surface area contributed by atoms with Gasteiger partial charge in [0.15, 0.2) is 0 Å². The minimum absolute atomic E-state index is 0.288. The van der Waals surface area contributed by atoms with E-state index in [9.17, 15) is 0 Å². The molecule has 2 N–H and O–H groups in total. The molecule has 24 heavy (non-hydrogen) atoms. The van der Waals surface area contributed by atoms with E-state index in [0.29, 0.717) is 12.1 Å². The van der Waals surface area contributed by atoms with Gasteiger partial charge >= 0.3 is 0 Å². The summed E-state index contributed by atoms with van der Waals surface area (Å²) < 4.78 is 11.6.